The Kier molecular flexibility index (Phi) is 4.08. The summed E-state index contributed by atoms with van der Waals surface area (Å²) in [7, 11) is 0. The minimum Gasteiger partial charge on any atom is -0.321 e. The molecule has 1 aromatic heterocycles. The fourth-order valence-electron chi connectivity index (χ4n) is 1.52. The highest BCUT2D eigenvalue weighted by molar-refractivity contribution is 9.10. The molecule has 0 unspecified atom stereocenters. The summed E-state index contributed by atoms with van der Waals surface area (Å²) in [6, 6.07) is 5.69. The lowest BCUT2D eigenvalue weighted by Crippen LogP contribution is -2.12. The summed E-state index contributed by atoms with van der Waals surface area (Å²) >= 11 is 4.55. The van der Waals surface area contributed by atoms with Crippen molar-refractivity contribution in [1.29, 1.82) is 0 Å². The predicted octanol–water partition coefficient (Wildman–Crippen LogP) is 3.42. The lowest BCUT2D eigenvalue weighted by atomic mass is 10.2. The average Bonchev–Trinajstić information content (AvgIpc) is 2.82. The molecular formula is C12H12BrN3OS. The van der Waals surface area contributed by atoms with Gasteiger partial charge in [0, 0.05) is 10.2 Å². The number of nitrogens with zero attached hydrogens (tertiary/aromatic N) is 2. The highest BCUT2D eigenvalue weighted by Crippen LogP contribution is 2.21. The first kappa shape index (κ1) is 13.2. The van der Waals surface area contributed by atoms with Crippen molar-refractivity contribution in [2.45, 2.75) is 20.3 Å². The number of anilines is 1. The summed E-state index contributed by atoms with van der Waals surface area (Å²) in [4.78, 5) is 12.6. The van der Waals surface area contributed by atoms with Crippen molar-refractivity contribution in [3.8, 4) is 0 Å². The average molecular weight is 326 g/mol. The Morgan fingerprint density at radius 1 is 1.50 bits per heavy atom. The van der Waals surface area contributed by atoms with Crippen LogP contribution in [0.15, 0.2) is 22.7 Å². The molecule has 0 aliphatic rings. The van der Waals surface area contributed by atoms with Gasteiger partial charge in [-0.05, 0) is 48.6 Å². The van der Waals surface area contributed by atoms with Crippen LogP contribution in [0, 0.1) is 6.92 Å². The van der Waals surface area contributed by atoms with Gasteiger partial charge in [0.25, 0.3) is 5.91 Å². The number of hydrogen-bond donors (Lipinski definition) is 1. The molecule has 6 heteroatoms. The van der Waals surface area contributed by atoms with E-state index in [-0.39, 0.29) is 5.91 Å². The molecular weight excluding hydrogens is 314 g/mol. The van der Waals surface area contributed by atoms with Gasteiger partial charge in [0.15, 0.2) is 0 Å². The summed E-state index contributed by atoms with van der Waals surface area (Å²) in [5.74, 6) is -0.149. The molecule has 2 aromatic rings. The minimum absolute atomic E-state index is 0.149. The van der Waals surface area contributed by atoms with E-state index in [0.29, 0.717) is 11.3 Å². The molecule has 1 heterocycles. The Hall–Kier alpha value is -1.27. The number of aryl methyl sites for hydroxylation is 2. The summed E-state index contributed by atoms with van der Waals surface area (Å²) in [6.45, 7) is 3.93. The molecule has 1 amide bonds. The third-order valence-electron chi connectivity index (χ3n) is 2.51. The fourth-order valence-corrected chi connectivity index (χ4v) is 2.41. The van der Waals surface area contributed by atoms with Gasteiger partial charge in [0.1, 0.15) is 4.88 Å². The van der Waals surface area contributed by atoms with Crippen LogP contribution in [0.25, 0.3) is 0 Å². The number of carbonyl (C=O) groups excluding carboxylic acids is 1. The number of nitrogens with one attached hydrogen (secondary N) is 1. The molecule has 0 saturated heterocycles. The van der Waals surface area contributed by atoms with E-state index < -0.39 is 0 Å². The smallest absolute Gasteiger partial charge is 0.269 e. The number of rotatable bonds is 3. The van der Waals surface area contributed by atoms with Crippen LogP contribution in [-0.2, 0) is 6.42 Å². The topological polar surface area (TPSA) is 54.9 Å². The summed E-state index contributed by atoms with van der Waals surface area (Å²) in [5.41, 5.74) is 2.59. The van der Waals surface area contributed by atoms with Gasteiger partial charge in [-0.2, -0.15) is 0 Å². The van der Waals surface area contributed by atoms with Gasteiger partial charge in [0.05, 0.1) is 5.69 Å². The van der Waals surface area contributed by atoms with E-state index in [2.05, 4.69) is 30.8 Å². The molecule has 94 valence electrons. The number of hydrogen-bond acceptors (Lipinski definition) is 4. The van der Waals surface area contributed by atoms with Crippen molar-refractivity contribution in [3.05, 3.63) is 38.8 Å². The zero-order chi connectivity index (χ0) is 13.1. The number of amides is 1. The van der Waals surface area contributed by atoms with Gasteiger partial charge >= 0.3 is 0 Å². The van der Waals surface area contributed by atoms with Crippen LogP contribution in [0.4, 0.5) is 5.69 Å². The molecule has 1 aromatic carbocycles. The molecule has 0 aliphatic carbocycles. The fraction of sp³-hybridized carbons (Fsp3) is 0.250. The number of aromatic nitrogens is 2. The van der Waals surface area contributed by atoms with Crippen molar-refractivity contribution >= 4 is 39.1 Å². The maximum atomic E-state index is 12.1. The van der Waals surface area contributed by atoms with Crippen molar-refractivity contribution in [3.63, 3.8) is 0 Å². The van der Waals surface area contributed by atoms with E-state index >= 15 is 0 Å². The SMILES string of the molecule is CCc1nnsc1C(=O)Nc1ccc(Br)c(C)c1. The maximum absolute atomic E-state index is 12.1. The Morgan fingerprint density at radius 3 is 2.94 bits per heavy atom. The molecule has 0 fully saturated rings. The molecule has 1 N–H and O–H groups in total. The second-order valence-electron chi connectivity index (χ2n) is 3.82. The molecule has 0 aliphatic heterocycles. The van der Waals surface area contributed by atoms with Gasteiger partial charge in [-0.1, -0.05) is 27.3 Å². The molecule has 0 atom stereocenters. The lowest BCUT2D eigenvalue weighted by Gasteiger charge is -2.06. The second-order valence-corrected chi connectivity index (χ2v) is 5.43. The number of carbonyl (C=O) groups is 1. The summed E-state index contributed by atoms with van der Waals surface area (Å²) in [6.07, 6.45) is 0.707. The van der Waals surface area contributed by atoms with Gasteiger partial charge in [-0.3, -0.25) is 4.79 Å². The van der Waals surface area contributed by atoms with Crippen LogP contribution < -0.4 is 5.32 Å². The van der Waals surface area contributed by atoms with Crippen molar-refractivity contribution in [1.82, 2.24) is 9.59 Å². The van der Waals surface area contributed by atoms with Crippen LogP contribution in [0.2, 0.25) is 0 Å². The second kappa shape index (κ2) is 5.58. The predicted molar refractivity (Wildman–Crippen MR) is 76.1 cm³/mol. The van der Waals surface area contributed by atoms with Gasteiger partial charge in [-0.25, -0.2) is 0 Å². The van der Waals surface area contributed by atoms with Crippen molar-refractivity contribution in [2.75, 3.05) is 5.32 Å². The summed E-state index contributed by atoms with van der Waals surface area (Å²) in [5, 5.41) is 6.79. The molecule has 18 heavy (non-hydrogen) atoms. The molecule has 0 spiro atoms. The van der Waals surface area contributed by atoms with Crippen LogP contribution >= 0.6 is 27.5 Å². The van der Waals surface area contributed by atoms with E-state index in [1.807, 2.05) is 32.0 Å². The zero-order valence-electron chi connectivity index (χ0n) is 10.0. The lowest BCUT2D eigenvalue weighted by molar-refractivity contribution is 0.102. The molecule has 0 bridgehead atoms. The molecule has 0 saturated carbocycles. The minimum atomic E-state index is -0.149. The zero-order valence-corrected chi connectivity index (χ0v) is 12.4. The van der Waals surface area contributed by atoms with Crippen LogP contribution in [0.3, 0.4) is 0 Å². The van der Waals surface area contributed by atoms with Crippen molar-refractivity contribution in [2.24, 2.45) is 0 Å². The number of benzene rings is 1. The summed E-state index contributed by atoms with van der Waals surface area (Å²) < 4.78 is 4.83. The Labute approximate surface area is 118 Å². The third-order valence-corrected chi connectivity index (χ3v) is 4.17. The first-order valence-corrected chi connectivity index (χ1v) is 7.07. The van der Waals surface area contributed by atoms with E-state index in [1.54, 1.807) is 0 Å². The molecule has 0 radical (unpaired) electrons. The van der Waals surface area contributed by atoms with Crippen LogP contribution in [0.1, 0.15) is 27.9 Å². The van der Waals surface area contributed by atoms with Gasteiger partial charge in [-0.15, -0.1) is 5.10 Å². The standard InChI is InChI=1S/C12H12BrN3OS/c1-3-10-11(18-16-15-10)12(17)14-8-4-5-9(13)7(2)6-8/h4-6H,3H2,1-2H3,(H,14,17). The third kappa shape index (κ3) is 2.76. The highest BCUT2D eigenvalue weighted by Gasteiger charge is 2.15. The Bertz CT molecular complexity index is 582. The van der Waals surface area contributed by atoms with E-state index in [0.717, 1.165) is 32.9 Å². The Morgan fingerprint density at radius 2 is 2.28 bits per heavy atom. The monoisotopic (exact) mass is 325 g/mol. The molecule has 4 nitrogen and oxygen atoms in total. The molecule has 2 rings (SSSR count). The van der Waals surface area contributed by atoms with Gasteiger partial charge < -0.3 is 5.32 Å². The van der Waals surface area contributed by atoms with Crippen LogP contribution in [0.5, 0.6) is 0 Å². The largest absolute Gasteiger partial charge is 0.321 e. The Balaban J connectivity index is 2.19. The van der Waals surface area contributed by atoms with Crippen molar-refractivity contribution < 1.29 is 4.79 Å². The van der Waals surface area contributed by atoms with Gasteiger partial charge in [0.2, 0.25) is 0 Å². The van der Waals surface area contributed by atoms with E-state index in [1.165, 1.54) is 0 Å². The maximum Gasteiger partial charge on any atom is 0.269 e. The highest BCUT2D eigenvalue weighted by atomic mass is 79.9. The van der Waals surface area contributed by atoms with Crippen LogP contribution in [-0.4, -0.2) is 15.5 Å². The van der Waals surface area contributed by atoms with E-state index in [4.69, 9.17) is 0 Å². The van der Waals surface area contributed by atoms with E-state index in [9.17, 15) is 4.79 Å². The quantitative estimate of drug-likeness (QED) is 0.940. The first-order valence-electron chi connectivity index (χ1n) is 5.50. The first-order chi connectivity index (χ1) is 8.61. The number of halogens is 1. The normalized spacial score (nSPS) is 10.4.